The highest BCUT2D eigenvalue weighted by Crippen LogP contribution is 2.25. The molecular weight excluding hydrogens is 224 g/mol. The maximum atomic E-state index is 5.73. The molecule has 1 fully saturated rings. The van der Waals surface area contributed by atoms with Crippen LogP contribution in [-0.2, 0) is 10.2 Å². The van der Waals surface area contributed by atoms with Crippen molar-refractivity contribution in [3.63, 3.8) is 0 Å². The molecule has 1 aromatic carbocycles. The lowest BCUT2D eigenvalue weighted by molar-refractivity contribution is 0.169. The van der Waals surface area contributed by atoms with Gasteiger partial charge in [0.15, 0.2) is 0 Å². The first-order valence-electron chi connectivity index (χ1n) is 6.60. The molecule has 1 aromatic rings. The molecule has 3 nitrogen and oxygen atoms in total. The molecule has 0 aromatic heterocycles. The molecule has 1 unspecified atom stereocenters. The van der Waals surface area contributed by atoms with Crippen LogP contribution in [0.2, 0.25) is 0 Å². The van der Waals surface area contributed by atoms with Crippen LogP contribution in [0.5, 0.6) is 0 Å². The van der Waals surface area contributed by atoms with E-state index in [1.54, 1.807) is 0 Å². The Labute approximate surface area is 110 Å². The van der Waals surface area contributed by atoms with E-state index in [4.69, 9.17) is 10.5 Å². The van der Waals surface area contributed by atoms with Crippen molar-refractivity contribution in [1.82, 2.24) is 5.32 Å². The summed E-state index contributed by atoms with van der Waals surface area (Å²) in [5.41, 5.74) is 8.09. The van der Waals surface area contributed by atoms with Crippen molar-refractivity contribution >= 4 is 5.69 Å². The molecule has 0 spiro atoms. The second kappa shape index (κ2) is 4.90. The minimum Gasteiger partial charge on any atom is -0.399 e. The number of nitrogens with two attached hydrogens (primary N) is 1. The van der Waals surface area contributed by atoms with Gasteiger partial charge in [0.25, 0.3) is 0 Å². The summed E-state index contributed by atoms with van der Waals surface area (Å²) in [7, 11) is 0. The monoisotopic (exact) mass is 248 g/mol. The molecule has 0 aliphatic carbocycles. The first-order valence-corrected chi connectivity index (χ1v) is 6.60. The summed E-state index contributed by atoms with van der Waals surface area (Å²) in [6.45, 7) is 9.36. The third-order valence-corrected chi connectivity index (χ3v) is 3.87. The summed E-state index contributed by atoms with van der Waals surface area (Å²) in [6, 6.07) is 8.17. The Kier molecular flexibility index (Phi) is 3.64. The molecule has 1 saturated heterocycles. The van der Waals surface area contributed by atoms with Gasteiger partial charge in [-0.15, -0.1) is 0 Å². The molecule has 1 aliphatic rings. The zero-order chi connectivity index (χ0) is 13.2. The fourth-order valence-corrected chi connectivity index (χ4v) is 2.28. The Morgan fingerprint density at radius 2 is 2.00 bits per heavy atom. The highest BCUT2D eigenvalue weighted by molar-refractivity contribution is 5.41. The number of nitrogens with one attached hydrogen (secondary N) is 1. The third kappa shape index (κ3) is 3.03. The second-order valence-electron chi connectivity index (χ2n) is 6.22. The molecule has 1 aliphatic heterocycles. The van der Waals surface area contributed by atoms with Gasteiger partial charge in [-0.05, 0) is 31.0 Å². The Morgan fingerprint density at radius 3 is 2.56 bits per heavy atom. The molecule has 0 saturated carbocycles. The van der Waals surface area contributed by atoms with E-state index in [-0.39, 0.29) is 11.0 Å². The van der Waals surface area contributed by atoms with Gasteiger partial charge < -0.3 is 15.8 Å². The van der Waals surface area contributed by atoms with Crippen molar-refractivity contribution in [2.24, 2.45) is 0 Å². The topological polar surface area (TPSA) is 47.3 Å². The Morgan fingerprint density at radius 1 is 1.33 bits per heavy atom. The van der Waals surface area contributed by atoms with Gasteiger partial charge in [0.1, 0.15) is 0 Å². The van der Waals surface area contributed by atoms with Gasteiger partial charge in [0.2, 0.25) is 0 Å². The minimum absolute atomic E-state index is 0.0965. The predicted molar refractivity (Wildman–Crippen MR) is 75.7 cm³/mol. The molecule has 1 atom stereocenters. The average Bonchev–Trinajstić information content (AvgIpc) is 2.75. The highest BCUT2D eigenvalue weighted by Gasteiger charge is 2.31. The standard InChI is InChI=1S/C15H24N2O/c1-14(2,12-4-6-13(16)7-5-12)10-17-15(3)8-9-18-11-15/h4-7,17H,8-11,16H2,1-3H3. The molecule has 0 radical (unpaired) electrons. The van der Waals surface area contributed by atoms with Crippen molar-refractivity contribution in [2.75, 3.05) is 25.5 Å². The number of nitrogen functional groups attached to an aromatic ring is 1. The molecule has 1 heterocycles. The highest BCUT2D eigenvalue weighted by atomic mass is 16.5. The smallest absolute Gasteiger partial charge is 0.0646 e. The lowest BCUT2D eigenvalue weighted by Crippen LogP contribution is -2.48. The van der Waals surface area contributed by atoms with Crippen molar-refractivity contribution in [3.05, 3.63) is 29.8 Å². The zero-order valence-corrected chi connectivity index (χ0v) is 11.6. The minimum atomic E-state index is 0.0965. The zero-order valence-electron chi connectivity index (χ0n) is 11.6. The molecule has 18 heavy (non-hydrogen) atoms. The molecule has 0 amide bonds. The number of hydrogen-bond donors (Lipinski definition) is 2. The van der Waals surface area contributed by atoms with E-state index < -0.39 is 0 Å². The van der Waals surface area contributed by atoms with Crippen LogP contribution in [0.25, 0.3) is 0 Å². The van der Waals surface area contributed by atoms with Crippen LogP contribution in [0.3, 0.4) is 0 Å². The molecule has 2 rings (SSSR count). The van der Waals surface area contributed by atoms with Crippen molar-refractivity contribution in [1.29, 1.82) is 0 Å². The first kappa shape index (κ1) is 13.4. The van der Waals surface area contributed by atoms with Gasteiger partial charge in [0.05, 0.1) is 6.61 Å². The molecule has 100 valence electrons. The Balaban J connectivity index is 2.00. The van der Waals surface area contributed by atoms with Crippen LogP contribution in [-0.4, -0.2) is 25.3 Å². The van der Waals surface area contributed by atoms with Gasteiger partial charge in [0, 0.05) is 29.8 Å². The fourth-order valence-electron chi connectivity index (χ4n) is 2.28. The number of hydrogen-bond acceptors (Lipinski definition) is 3. The molecule has 3 N–H and O–H groups in total. The van der Waals surface area contributed by atoms with E-state index in [0.717, 1.165) is 31.9 Å². The Bertz CT molecular complexity index is 391. The summed E-state index contributed by atoms with van der Waals surface area (Å²) in [5.74, 6) is 0. The Hall–Kier alpha value is -1.06. The van der Waals surface area contributed by atoms with Gasteiger partial charge in [-0.2, -0.15) is 0 Å². The maximum Gasteiger partial charge on any atom is 0.0646 e. The normalized spacial score (nSPS) is 24.4. The predicted octanol–water partition coefficient (Wildman–Crippen LogP) is 2.32. The molecule has 3 heteroatoms. The lowest BCUT2D eigenvalue weighted by Gasteiger charge is -2.32. The van der Waals surface area contributed by atoms with Crippen LogP contribution in [0.4, 0.5) is 5.69 Å². The van der Waals surface area contributed by atoms with Crippen molar-refractivity contribution in [2.45, 2.75) is 38.1 Å². The average molecular weight is 248 g/mol. The number of rotatable bonds is 4. The summed E-state index contributed by atoms with van der Waals surface area (Å²) < 4.78 is 5.47. The van der Waals surface area contributed by atoms with Gasteiger partial charge in [-0.3, -0.25) is 0 Å². The largest absolute Gasteiger partial charge is 0.399 e. The van der Waals surface area contributed by atoms with Crippen molar-refractivity contribution < 1.29 is 4.74 Å². The van der Waals surface area contributed by atoms with E-state index in [1.807, 2.05) is 12.1 Å². The van der Waals surface area contributed by atoms with E-state index in [2.05, 4.69) is 38.2 Å². The first-order chi connectivity index (χ1) is 8.41. The van der Waals surface area contributed by atoms with E-state index in [1.165, 1.54) is 5.56 Å². The summed E-state index contributed by atoms with van der Waals surface area (Å²) in [6.07, 6.45) is 1.09. The van der Waals surface area contributed by atoms with Gasteiger partial charge >= 0.3 is 0 Å². The fraction of sp³-hybridized carbons (Fsp3) is 0.600. The van der Waals surface area contributed by atoms with E-state index >= 15 is 0 Å². The lowest BCUT2D eigenvalue weighted by atomic mass is 9.83. The second-order valence-corrected chi connectivity index (χ2v) is 6.22. The van der Waals surface area contributed by atoms with E-state index in [0.29, 0.717) is 0 Å². The number of benzene rings is 1. The SMILES string of the molecule is CC1(NCC(C)(C)c2ccc(N)cc2)CCOC1. The van der Waals surface area contributed by atoms with Crippen LogP contribution >= 0.6 is 0 Å². The van der Waals surface area contributed by atoms with Gasteiger partial charge in [-0.25, -0.2) is 0 Å². The maximum absolute atomic E-state index is 5.73. The molecule has 0 bridgehead atoms. The van der Waals surface area contributed by atoms with Crippen LogP contribution in [0, 0.1) is 0 Å². The summed E-state index contributed by atoms with van der Waals surface area (Å²) >= 11 is 0. The number of ether oxygens (including phenoxy) is 1. The summed E-state index contributed by atoms with van der Waals surface area (Å²) in [5, 5.41) is 3.66. The van der Waals surface area contributed by atoms with E-state index in [9.17, 15) is 0 Å². The summed E-state index contributed by atoms with van der Waals surface area (Å²) in [4.78, 5) is 0. The van der Waals surface area contributed by atoms with Crippen LogP contribution in [0.15, 0.2) is 24.3 Å². The third-order valence-electron chi connectivity index (χ3n) is 3.87. The quantitative estimate of drug-likeness (QED) is 0.804. The van der Waals surface area contributed by atoms with Crippen molar-refractivity contribution in [3.8, 4) is 0 Å². The molecular formula is C15H24N2O. The number of anilines is 1. The van der Waals surface area contributed by atoms with Gasteiger partial charge in [-0.1, -0.05) is 26.0 Å². The van der Waals surface area contributed by atoms with Crippen LogP contribution < -0.4 is 11.1 Å². The van der Waals surface area contributed by atoms with Crippen LogP contribution in [0.1, 0.15) is 32.8 Å².